The molecule has 4 rings (SSSR count). The van der Waals surface area contributed by atoms with Crippen molar-refractivity contribution >= 4 is 17.6 Å². The van der Waals surface area contributed by atoms with Crippen molar-refractivity contribution in [2.45, 2.75) is 56.6 Å². The van der Waals surface area contributed by atoms with Gasteiger partial charge in [-0.1, -0.05) is 18.6 Å². The van der Waals surface area contributed by atoms with E-state index in [1.807, 2.05) is 18.2 Å². The Balaban J connectivity index is 1.57. The fourth-order valence-corrected chi connectivity index (χ4v) is 4.37. The zero-order chi connectivity index (χ0) is 17.4. The van der Waals surface area contributed by atoms with E-state index < -0.39 is 12.0 Å². The van der Waals surface area contributed by atoms with Gasteiger partial charge in [0.25, 0.3) is 0 Å². The van der Waals surface area contributed by atoms with E-state index in [2.05, 4.69) is 11.4 Å². The van der Waals surface area contributed by atoms with Gasteiger partial charge in [0.05, 0.1) is 5.56 Å². The molecule has 1 aromatic rings. The number of ether oxygens (including phenoxy) is 1. The number of carboxylic acid groups (broad SMARTS) is 1. The molecular weight excluding hydrogens is 318 g/mol. The Labute approximate surface area is 147 Å². The summed E-state index contributed by atoms with van der Waals surface area (Å²) < 4.78 is 5.67. The number of hydrogen-bond acceptors (Lipinski definition) is 4. The molecule has 0 spiro atoms. The van der Waals surface area contributed by atoms with E-state index in [-0.39, 0.29) is 23.9 Å². The maximum atomic E-state index is 12.5. The number of carbonyl (C=O) groups is 2. The van der Waals surface area contributed by atoms with Crippen LogP contribution in [0.15, 0.2) is 30.4 Å². The second kappa shape index (κ2) is 6.54. The molecule has 25 heavy (non-hydrogen) atoms. The molecule has 5 nitrogen and oxygen atoms in total. The zero-order valence-corrected chi connectivity index (χ0v) is 14.1. The summed E-state index contributed by atoms with van der Waals surface area (Å²) in [6, 6.07) is 4.83. The minimum atomic E-state index is -0.829. The third-order valence-electron chi connectivity index (χ3n) is 5.69. The van der Waals surface area contributed by atoms with E-state index in [0.29, 0.717) is 5.56 Å². The zero-order valence-electron chi connectivity index (χ0n) is 14.1. The highest BCUT2D eigenvalue weighted by Gasteiger charge is 2.41. The highest BCUT2D eigenvalue weighted by Crippen LogP contribution is 2.44. The van der Waals surface area contributed by atoms with Gasteiger partial charge in [0.15, 0.2) is 0 Å². The van der Waals surface area contributed by atoms with Crippen molar-refractivity contribution in [2.75, 3.05) is 5.32 Å². The summed E-state index contributed by atoms with van der Waals surface area (Å²) in [4.78, 5) is 24.0. The molecule has 0 saturated heterocycles. The van der Waals surface area contributed by atoms with Crippen molar-refractivity contribution in [1.82, 2.24) is 0 Å². The van der Waals surface area contributed by atoms with Crippen LogP contribution < -0.4 is 5.32 Å². The van der Waals surface area contributed by atoms with Gasteiger partial charge in [0, 0.05) is 17.5 Å². The Kier molecular flexibility index (Phi) is 4.24. The summed E-state index contributed by atoms with van der Waals surface area (Å²) in [6.07, 6.45) is 10.2. The number of esters is 1. The van der Waals surface area contributed by atoms with Crippen LogP contribution in [-0.2, 0) is 9.53 Å². The highest BCUT2D eigenvalue weighted by molar-refractivity contribution is 5.91. The Morgan fingerprint density at radius 2 is 1.96 bits per heavy atom. The molecule has 0 amide bonds. The number of allylic oxidation sites excluding steroid dienone is 2. The van der Waals surface area contributed by atoms with Crippen molar-refractivity contribution < 1.29 is 19.4 Å². The van der Waals surface area contributed by atoms with E-state index in [4.69, 9.17) is 4.74 Å². The molecule has 1 heterocycles. The quantitative estimate of drug-likeness (QED) is 0.647. The first-order valence-electron chi connectivity index (χ1n) is 9.14. The molecule has 2 aliphatic carbocycles. The van der Waals surface area contributed by atoms with Gasteiger partial charge in [-0.15, -0.1) is 0 Å². The van der Waals surface area contributed by atoms with Gasteiger partial charge in [-0.25, -0.2) is 9.59 Å². The molecule has 1 aromatic carbocycles. The smallest absolute Gasteiger partial charge is 0.338 e. The Morgan fingerprint density at radius 1 is 1.16 bits per heavy atom. The third kappa shape index (κ3) is 3.03. The van der Waals surface area contributed by atoms with Gasteiger partial charge >= 0.3 is 11.9 Å². The number of nitrogens with one attached hydrogen (secondary N) is 1. The minimum Gasteiger partial charge on any atom is -0.480 e. The largest absolute Gasteiger partial charge is 0.480 e. The number of fused-ring (bicyclic) bond motifs is 3. The second-order valence-corrected chi connectivity index (χ2v) is 7.28. The number of benzene rings is 1. The Bertz CT molecular complexity index is 720. The number of hydrogen-bond donors (Lipinski definition) is 2. The maximum Gasteiger partial charge on any atom is 0.338 e. The van der Waals surface area contributed by atoms with Gasteiger partial charge < -0.3 is 15.2 Å². The number of aliphatic carboxylic acids is 1. The molecule has 1 saturated carbocycles. The molecular formula is C20H23NO4. The van der Waals surface area contributed by atoms with E-state index in [1.165, 1.54) is 6.42 Å². The maximum absolute atomic E-state index is 12.5. The summed E-state index contributed by atoms with van der Waals surface area (Å²) in [6.45, 7) is 0. The Hall–Kier alpha value is -2.30. The predicted octanol–water partition coefficient (Wildman–Crippen LogP) is 3.71. The lowest BCUT2D eigenvalue weighted by Crippen LogP contribution is -2.41. The summed E-state index contributed by atoms with van der Waals surface area (Å²) in [5.74, 6) is -1.06. The molecule has 5 heteroatoms. The van der Waals surface area contributed by atoms with E-state index in [0.717, 1.165) is 43.4 Å². The number of carboxylic acids is 1. The Morgan fingerprint density at radius 3 is 2.72 bits per heavy atom. The topological polar surface area (TPSA) is 75.6 Å². The molecule has 3 atom stereocenters. The lowest BCUT2D eigenvalue weighted by atomic mass is 9.79. The predicted molar refractivity (Wildman–Crippen MR) is 93.8 cm³/mol. The lowest BCUT2D eigenvalue weighted by Gasteiger charge is -2.35. The standard InChI is InChI=1S/C20H23NO4/c22-19(23)18-15-8-4-7-14(15)16-11-12(9-10-17(16)21-18)20(24)25-13-5-2-1-3-6-13/h4,7,9-11,13-15,18,21H,1-3,5-6,8H2,(H,22,23)/t14-,15-,18-/m1/s1. The number of rotatable bonds is 3. The molecule has 0 unspecified atom stereocenters. The molecule has 2 N–H and O–H groups in total. The molecule has 0 aromatic heterocycles. The van der Waals surface area contributed by atoms with Crippen LogP contribution in [0.2, 0.25) is 0 Å². The van der Waals surface area contributed by atoms with Gasteiger partial charge in [0.1, 0.15) is 12.1 Å². The van der Waals surface area contributed by atoms with Crippen molar-refractivity contribution in [3.05, 3.63) is 41.5 Å². The molecule has 3 aliphatic rings. The fourth-order valence-electron chi connectivity index (χ4n) is 4.37. The molecule has 1 aliphatic heterocycles. The first-order chi connectivity index (χ1) is 12.1. The average Bonchev–Trinajstić information content (AvgIpc) is 3.11. The van der Waals surface area contributed by atoms with Crippen LogP contribution in [-0.4, -0.2) is 29.2 Å². The summed E-state index contributed by atoms with van der Waals surface area (Å²) in [5, 5.41) is 12.6. The van der Waals surface area contributed by atoms with Crippen LogP contribution in [0.5, 0.6) is 0 Å². The van der Waals surface area contributed by atoms with Crippen molar-refractivity contribution in [1.29, 1.82) is 0 Å². The van der Waals surface area contributed by atoms with Crippen LogP contribution >= 0.6 is 0 Å². The minimum absolute atomic E-state index is 0.00499. The average molecular weight is 341 g/mol. The highest BCUT2D eigenvalue weighted by atomic mass is 16.5. The first-order valence-corrected chi connectivity index (χ1v) is 9.14. The SMILES string of the molecule is O=C(OC1CCCCC1)c1ccc2c(c1)[C@@H]1C=CC[C@H]1[C@H](C(=O)O)N2. The van der Waals surface area contributed by atoms with Gasteiger partial charge in [-0.2, -0.15) is 0 Å². The lowest BCUT2D eigenvalue weighted by molar-refractivity contribution is -0.139. The third-order valence-corrected chi connectivity index (χ3v) is 5.69. The van der Waals surface area contributed by atoms with Gasteiger partial charge in [-0.3, -0.25) is 0 Å². The second-order valence-electron chi connectivity index (χ2n) is 7.28. The number of anilines is 1. The monoisotopic (exact) mass is 341 g/mol. The summed E-state index contributed by atoms with van der Waals surface area (Å²) >= 11 is 0. The molecule has 1 fully saturated rings. The molecule has 0 radical (unpaired) electrons. The van der Waals surface area contributed by atoms with Gasteiger partial charge in [0.2, 0.25) is 0 Å². The molecule has 132 valence electrons. The normalized spacial score (nSPS) is 27.9. The van der Waals surface area contributed by atoms with Crippen LogP contribution in [0, 0.1) is 5.92 Å². The summed E-state index contributed by atoms with van der Waals surface area (Å²) in [5.41, 5.74) is 2.35. The van der Waals surface area contributed by atoms with Crippen LogP contribution in [0.4, 0.5) is 5.69 Å². The first kappa shape index (κ1) is 16.2. The van der Waals surface area contributed by atoms with Crippen molar-refractivity contribution in [3.63, 3.8) is 0 Å². The van der Waals surface area contributed by atoms with Crippen LogP contribution in [0.1, 0.15) is 60.4 Å². The van der Waals surface area contributed by atoms with E-state index in [9.17, 15) is 14.7 Å². The van der Waals surface area contributed by atoms with Crippen molar-refractivity contribution in [3.8, 4) is 0 Å². The summed E-state index contributed by atoms with van der Waals surface area (Å²) in [7, 11) is 0. The van der Waals surface area contributed by atoms with E-state index in [1.54, 1.807) is 6.07 Å². The number of carbonyl (C=O) groups excluding carboxylic acids is 1. The van der Waals surface area contributed by atoms with Crippen LogP contribution in [0.3, 0.4) is 0 Å². The molecule has 0 bridgehead atoms. The van der Waals surface area contributed by atoms with Crippen LogP contribution in [0.25, 0.3) is 0 Å². The van der Waals surface area contributed by atoms with Crippen molar-refractivity contribution in [2.24, 2.45) is 5.92 Å². The van der Waals surface area contributed by atoms with Gasteiger partial charge in [-0.05, 0) is 55.9 Å². The fraction of sp³-hybridized carbons (Fsp3) is 0.500. The van der Waals surface area contributed by atoms with E-state index >= 15 is 0 Å².